The van der Waals surface area contributed by atoms with Gasteiger partial charge in [-0.05, 0) is 50.5 Å². The standard InChI is InChI=1S/C18H23NO2S2/c1-5-14-16(23-13-8-11(3)7-12(4)9-13)15(10-21-6-2)18(22)19-17(14)20/h7-9,15H,5-6,10H2,1-4H3,(H,19,20,22). The van der Waals surface area contributed by atoms with Gasteiger partial charge in [0.25, 0.3) is 5.91 Å². The molecule has 1 aliphatic heterocycles. The zero-order valence-corrected chi connectivity index (χ0v) is 15.7. The second-order valence-corrected chi connectivity index (χ2v) is 7.21. The first kappa shape index (κ1) is 18.2. The number of carbonyl (C=O) groups is 1. The highest BCUT2D eigenvalue weighted by Gasteiger charge is 2.32. The molecule has 0 radical (unpaired) electrons. The van der Waals surface area contributed by atoms with Gasteiger partial charge in [-0.25, -0.2) is 0 Å². The Kier molecular flexibility index (Phi) is 6.39. The van der Waals surface area contributed by atoms with Crippen LogP contribution in [0.5, 0.6) is 0 Å². The molecular formula is C18H23NO2S2. The van der Waals surface area contributed by atoms with E-state index in [4.69, 9.17) is 17.0 Å². The molecule has 0 saturated carbocycles. The molecule has 2 rings (SSSR count). The Hall–Kier alpha value is -1.17. The van der Waals surface area contributed by atoms with Crippen molar-refractivity contribution < 1.29 is 9.53 Å². The van der Waals surface area contributed by atoms with Gasteiger partial charge in [0.2, 0.25) is 0 Å². The minimum atomic E-state index is -0.0721. The summed E-state index contributed by atoms with van der Waals surface area (Å²) >= 11 is 7.05. The van der Waals surface area contributed by atoms with Crippen LogP contribution in [0.3, 0.4) is 0 Å². The van der Waals surface area contributed by atoms with Gasteiger partial charge in [0, 0.05) is 22.0 Å². The fraction of sp³-hybridized carbons (Fsp3) is 0.444. The average molecular weight is 350 g/mol. The molecule has 1 atom stereocenters. The smallest absolute Gasteiger partial charge is 0.252 e. The lowest BCUT2D eigenvalue weighted by molar-refractivity contribution is -0.116. The number of nitrogens with one attached hydrogen (secondary N) is 1. The Balaban J connectivity index is 2.41. The first-order chi connectivity index (χ1) is 11.0. The lowest BCUT2D eigenvalue weighted by atomic mass is 9.99. The topological polar surface area (TPSA) is 38.3 Å². The zero-order valence-electron chi connectivity index (χ0n) is 14.1. The molecule has 5 heteroatoms. The maximum atomic E-state index is 12.3. The van der Waals surface area contributed by atoms with Crippen LogP contribution in [0.4, 0.5) is 0 Å². The highest BCUT2D eigenvalue weighted by molar-refractivity contribution is 8.03. The van der Waals surface area contributed by atoms with Crippen LogP contribution in [0.15, 0.2) is 33.6 Å². The predicted octanol–water partition coefficient (Wildman–Crippen LogP) is 4.17. The summed E-state index contributed by atoms with van der Waals surface area (Å²) in [4.78, 5) is 15.0. The molecule has 0 saturated heterocycles. The number of hydrogen-bond donors (Lipinski definition) is 1. The van der Waals surface area contributed by atoms with Crippen molar-refractivity contribution >= 4 is 34.9 Å². The largest absolute Gasteiger partial charge is 0.381 e. The highest BCUT2D eigenvalue weighted by atomic mass is 32.2. The quantitative estimate of drug-likeness (QED) is 0.782. The molecule has 1 heterocycles. The molecule has 1 N–H and O–H groups in total. The van der Waals surface area contributed by atoms with Gasteiger partial charge in [0.15, 0.2) is 0 Å². The Morgan fingerprint density at radius 2 is 1.87 bits per heavy atom. The lowest BCUT2D eigenvalue weighted by Crippen LogP contribution is -2.42. The van der Waals surface area contributed by atoms with E-state index in [0.29, 0.717) is 24.6 Å². The third-order valence-electron chi connectivity index (χ3n) is 3.71. The number of thiocarbonyl (C=S) groups is 1. The van der Waals surface area contributed by atoms with E-state index in [-0.39, 0.29) is 11.8 Å². The second kappa shape index (κ2) is 8.08. The predicted molar refractivity (Wildman–Crippen MR) is 99.8 cm³/mol. The van der Waals surface area contributed by atoms with E-state index in [1.54, 1.807) is 11.8 Å². The third-order valence-corrected chi connectivity index (χ3v) is 5.32. The van der Waals surface area contributed by atoms with Crippen molar-refractivity contribution in [2.75, 3.05) is 13.2 Å². The van der Waals surface area contributed by atoms with Crippen molar-refractivity contribution in [3.05, 3.63) is 39.8 Å². The van der Waals surface area contributed by atoms with Gasteiger partial charge < -0.3 is 10.1 Å². The summed E-state index contributed by atoms with van der Waals surface area (Å²) < 4.78 is 5.60. The fourth-order valence-corrected chi connectivity index (χ4v) is 4.47. The molecule has 0 aliphatic carbocycles. The summed E-state index contributed by atoms with van der Waals surface area (Å²) in [5.41, 5.74) is 3.25. The first-order valence-corrected chi connectivity index (χ1v) is 9.10. The molecule has 0 aromatic heterocycles. The first-order valence-electron chi connectivity index (χ1n) is 7.88. The van der Waals surface area contributed by atoms with Gasteiger partial charge in [-0.15, -0.1) is 0 Å². The van der Waals surface area contributed by atoms with Gasteiger partial charge in [-0.1, -0.05) is 37.0 Å². The maximum absolute atomic E-state index is 12.3. The van der Waals surface area contributed by atoms with Crippen LogP contribution in [-0.2, 0) is 9.53 Å². The number of rotatable bonds is 6. The van der Waals surface area contributed by atoms with Crippen molar-refractivity contribution in [1.29, 1.82) is 0 Å². The molecule has 1 amide bonds. The summed E-state index contributed by atoms with van der Waals surface area (Å²) in [7, 11) is 0. The summed E-state index contributed by atoms with van der Waals surface area (Å²) in [5.74, 6) is -0.124. The summed E-state index contributed by atoms with van der Waals surface area (Å²) in [6, 6.07) is 6.44. The van der Waals surface area contributed by atoms with E-state index in [1.165, 1.54) is 11.1 Å². The number of thioether (sulfide) groups is 1. The second-order valence-electron chi connectivity index (χ2n) is 5.65. The van der Waals surface area contributed by atoms with Crippen LogP contribution < -0.4 is 5.32 Å². The number of ether oxygens (including phenoxy) is 1. The van der Waals surface area contributed by atoms with Crippen LogP contribution in [0.25, 0.3) is 0 Å². The number of hydrogen-bond acceptors (Lipinski definition) is 4. The van der Waals surface area contributed by atoms with Gasteiger partial charge >= 0.3 is 0 Å². The van der Waals surface area contributed by atoms with Crippen LogP contribution in [0, 0.1) is 19.8 Å². The monoisotopic (exact) mass is 349 g/mol. The minimum absolute atomic E-state index is 0.0524. The van der Waals surface area contributed by atoms with E-state index in [2.05, 4.69) is 37.4 Å². The number of benzene rings is 1. The van der Waals surface area contributed by atoms with Crippen molar-refractivity contribution in [2.24, 2.45) is 5.92 Å². The molecule has 3 nitrogen and oxygen atoms in total. The van der Waals surface area contributed by atoms with Crippen LogP contribution >= 0.6 is 24.0 Å². The van der Waals surface area contributed by atoms with E-state index in [1.807, 2.05) is 13.8 Å². The van der Waals surface area contributed by atoms with Gasteiger partial charge in [0.1, 0.15) is 0 Å². The Morgan fingerprint density at radius 1 is 1.22 bits per heavy atom. The number of carbonyl (C=O) groups excluding carboxylic acids is 1. The maximum Gasteiger partial charge on any atom is 0.252 e. The Morgan fingerprint density at radius 3 is 2.43 bits per heavy atom. The fourth-order valence-electron chi connectivity index (χ4n) is 2.69. The molecule has 0 spiro atoms. The zero-order chi connectivity index (χ0) is 17.0. The van der Waals surface area contributed by atoms with Crippen molar-refractivity contribution in [3.8, 4) is 0 Å². The number of aryl methyl sites for hydroxylation is 2. The number of amides is 1. The molecule has 1 aliphatic rings. The molecule has 0 bridgehead atoms. The highest BCUT2D eigenvalue weighted by Crippen LogP contribution is 2.38. The molecule has 1 aromatic carbocycles. The van der Waals surface area contributed by atoms with Crippen LogP contribution in [0.1, 0.15) is 31.4 Å². The van der Waals surface area contributed by atoms with Gasteiger partial charge in [0.05, 0.1) is 17.5 Å². The van der Waals surface area contributed by atoms with Gasteiger partial charge in [-0.2, -0.15) is 0 Å². The molecule has 1 aromatic rings. The van der Waals surface area contributed by atoms with Crippen molar-refractivity contribution in [2.45, 2.75) is 39.0 Å². The molecule has 124 valence electrons. The molecule has 1 unspecified atom stereocenters. The molecule has 23 heavy (non-hydrogen) atoms. The average Bonchev–Trinajstić information content (AvgIpc) is 2.46. The van der Waals surface area contributed by atoms with E-state index in [9.17, 15) is 4.79 Å². The van der Waals surface area contributed by atoms with Gasteiger partial charge in [-0.3, -0.25) is 4.79 Å². The summed E-state index contributed by atoms with van der Waals surface area (Å²) in [6.07, 6.45) is 0.685. The van der Waals surface area contributed by atoms with E-state index in [0.717, 1.165) is 15.4 Å². The van der Waals surface area contributed by atoms with E-state index < -0.39 is 0 Å². The third kappa shape index (κ3) is 4.43. The Labute approximate surface area is 147 Å². The molecular weight excluding hydrogens is 326 g/mol. The Bertz CT molecular complexity index is 632. The van der Waals surface area contributed by atoms with Crippen LogP contribution in [0.2, 0.25) is 0 Å². The molecule has 0 fully saturated rings. The minimum Gasteiger partial charge on any atom is -0.381 e. The van der Waals surface area contributed by atoms with E-state index >= 15 is 0 Å². The SMILES string of the molecule is CCOCC1C(=S)NC(=O)C(CC)=C1Sc1cc(C)cc(C)c1. The normalized spacial score (nSPS) is 18.3. The van der Waals surface area contributed by atoms with Crippen LogP contribution in [-0.4, -0.2) is 24.1 Å². The van der Waals surface area contributed by atoms with Crippen molar-refractivity contribution in [1.82, 2.24) is 5.32 Å². The summed E-state index contributed by atoms with van der Waals surface area (Å²) in [6.45, 7) is 9.28. The van der Waals surface area contributed by atoms with Crippen molar-refractivity contribution in [3.63, 3.8) is 0 Å². The summed E-state index contributed by atoms with van der Waals surface area (Å²) in [5, 5.41) is 2.82. The lowest BCUT2D eigenvalue weighted by Gasteiger charge is -2.28.